The summed E-state index contributed by atoms with van der Waals surface area (Å²) in [6, 6.07) is 18.2. The third-order valence-electron chi connectivity index (χ3n) is 5.58. The van der Waals surface area contributed by atoms with Crippen molar-refractivity contribution in [3.05, 3.63) is 94.0 Å². The number of carbonyl (C=O) groups is 2. The van der Waals surface area contributed by atoms with Crippen LogP contribution in [0.4, 0.5) is 5.69 Å². The molecule has 33 heavy (non-hydrogen) atoms. The Morgan fingerprint density at radius 1 is 0.939 bits per heavy atom. The molecule has 1 aliphatic heterocycles. The highest BCUT2D eigenvalue weighted by atomic mass is 35.5. The van der Waals surface area contributed by atoms with Crippen molar-refractivity contribution in [3.8, 4) is 11.5 Å². The summed E-state index contributed by atoms with van der Waals surface area (Å²) < 4.78 is 10.7. The van der Waals surface area contributed by atoms with Crippen LogP contribution < -0.4 is 14.4 Å². The second-order valence-corrected chi connectivity index (χ2v) is 8.01. The molecule has 0 aromatic heterocycles. The molecule has 4 rings (SSSR count). The van der Waals surface area contributed by atoms with Gasteiger partial charge in [-0.3, -0.25) is 14.5 Å². The Labute approximate surface area is 196 Å². The van der Waals surface area contributed by atoms with Crippen LogP contribution >= 0.6 is 11.6 Å². The number of hydrogen-bond donors (Lipinski definition) is 1. The molecule has 1 aliphatic rings. The number of aryl methyl sites for hydroxylation is 1. The molecule has 0 radical (unpaired) electrons. The van der Waals surface area contributed by atoms with Crippen LogP contribution in [0.3, 0.4) is 0 Å². The van der Waals surface area contributed by atoms with Gasteiger partial charge in [-0.2, -0.15) is 0 Å². The van der Waals surface area contributed by atoms with Crippen LogP contribution in [0.2, 0.25) is 5.02 Å². The Bertz CT molecular complexity index is 1280. The average Bonchev–Trinajstić information content (AvgIpc) is 3.08. The number of Topliss-reactive ketones (excluding diaryl/α,β-unsaturated/α-hetero) is 1. The number of aliphatic hydroxyl groups excluding tert-OH is 1. The number of carbonyl (C=O) groups excluding carboxylic acids is 2. The summed E-state index contributed by atoms with van der Waals surface area (Å²) in [5, 5.41) is 11.5. The van der Waals surface area contributed by atoms with E-state index in [0.717, 1.165) is 5.56 Å². The minimum Gasteiger partial charge on any atom is -0.507 e. The van der Waals surface area contributed by atoms with Crippen LogP contribution in [-0.4, -0.2) is 31.0 Å². The van der Waals surface area contributed by atoms with Crippen molar-refractivity contribution < 1.29 is 24.2 Å². The van der Waals surface area contributed by atoms with Crippen molar-refractivity contribution in [2.24, 2.45) is 0 Å². The molecule has 1 N–H and O–H groups in total. The van der Waals surface area contributed by atoms with Gasteiger partial charge in [0.15, 0.2) is 0 Å². The summed E-state index contributed by atoms with van der Waals surface area (Å²) in [6.45, 7) is 1.90. The average molecular weight is 464 g/mol. The zero-order valence-corrected chi connectivity index (χ0v) is 19.1. The molecule has 1 fully saturated rings. The molecule has 7 heteroatoms. The van der Waals surface area contributed by atoms with E-state index >= 15 is 0 Å². The molecule has 1 amide bonds. The summed E-state index contributed by atoms with van der Waals surface area (Å²) in [5.74, 6) is -0.950. The minimum absolute atomic E-state index is 0.0489. The SMILES string of the molecule is COc1ccc(/C(O)=C2\C(=O)C(=O)N(c3cccc(C)c3)C2c2ccccc2OC)cc1Cl. The van der Waals surface area contributed by atoms with Gasteiger partial charge in [0.25, 0.3) is 11.7 Å². The van der Waals surface area contributed by atoms with Crippen molar-refractivity contribution >= 4 is 34.7 Å². The zero-order valence-electron chi connectivity index (χ0n) is 18.3. The van der Waals surface area contributed by atoms with Crippen LogP contribution in [0.5, 0.6) is 11.5 Å². The fourth-order valence-electron chi connectivity index (χ4n) is 4.03. The number of amides is 1. The van der Waals surface area contributed by atoms with Gasteiger partial charge in [-0.25, -0.2) is 0 Å². The molecule has 0 aliphatic carbocycles. The highest BCUT2D eigenvalue weighted by Gasteiger charge is 2.48. The molecule has 6 nitrogen and oxygen atoms in total. The van der Waals surface area contributed by atoms with E-state index < -0.39 is 17.7 Å². The summed E-state index contributed by atoms with van der Waals surface area (Å²) >= 11 is 6.25. The molecule has 0 spiro atoms. The summed E-state index contributed by atoms with van der Waals surface area (Å²) in [6.07, 6.45) is 0. The van der Waals surface area contributed by atoms with E-state index in [1.807, 2.05) is 25.1 Å². The van der Waals surface area contributed by atoms with Gasteiger partial charge >= 0.3 is 0 Å². The Kier molecular flexibility index (Phi) is 6.11. The number of ketones is 1. The highest BCUT2D eigenvalue weighted by Crippen LogP contribution is 2.45. The Morgan fingerprint density at radius 3 is 2.33 bits per heavy atom. The van der Waals surface area contributed by atoms with Crippen molar-refractivity contribution in [1.82, 2.24) is 0 Å². The highest BCUT2D eigenvalue weighted by molar-refractivity contribution is 6.51. The predicted octanol–water partition coefficient (Wildman–Crippen LogP) is 5.29. The van der Waals surface area contributed by atoms with Crippen LogP contribution in [0, 0.1) is 6.92 Å². The quantitative estimate of drug-likeness (QED) is 0.316. The first-order valence-electron chi connectivity index (χ1n) is 10.2. The molecule has 168 valence electrons. The van der Waals surface area contributed by atoms with Gasteiger partial charge in [0, 0.05) is 16.8 Å². The second-order valence-electron chi connectivity index (χ2n) is 7.60. The molecule has 1 saturated heterocycles. The van der Waals surface area contributed by atoms with Gasteiger partial charge < -0.3 is 14.6 Å². The Balaban J connectivity index is 1.98. The van der Waals surface area contributed by atoms with Crippen molar-refractivity contribution in [2.75, 3.05) is 19.1 Å². The first-order valence-corrected chi connectivity index (χ1v) is 10.6. The van der Waals surface area contributed by atoms with E-state index in [4.69, 9.17) is 21.1 Å². The number of anilines is 1. The third-order valence-corrected chi connectivity index (χ3v) is 5.88. The number of para-hydroxylation sites is 1. The van der Waals surface area contributed by atoms with E-state index in [9.17, 15) is 14.7 Å². The lowest BCUT2D eigenvalue weighted by molar-refractivity contribution is -0.132. The van der Waals surface area contributed by atoms with Crippen LogP contribution in [-0.2, 0) is 9.59 Å². The molecule has 1 unspecified atom stereocenters. The lowest BCUT2D eigenvalue weighted by atomic mass is 9.94. The summed E-state index contributed by atoms with van der Waals surface area (Å²) in [5.41, 5.74) is 2.28. The van der Waals surface area contributed by atoms with Gasteiger partial charge in [-0.1, -0.05) is 41.9 Å². The van der Waals surface area contributed by atoms with Crippen molar-refractivity contribution in [3.63, 3.8) is 0 Å². The molecule has 3 aromatic rings. The lowest BCUT2D eigenvalue weighted by Crippen LogP contribution is -2.29. The topological polar surface area (TPSA) is 76.1 Å². The van der Waals surface area contributed by atoms with E-state index in [1.54, 1.807) is 42.5 Å². The first-order chi connectivity index (χ1) is 15.9. The van der Waals surface area contributed by atoms with E-state index in [2.05, 4.69) is 0 Å². The monoisotopic (exact) mass is 463 g/mol. The molecule has 0 saturated carbocycles. The maximum Gasteiger partial charge on any atom is 0.300 e. The molecule has 0 bridgehead atoms. The number of benzene rings is 3. The van der Waals surface area contributed by atoms with Crippen LogP contribution in [0.15, 0.2) is 72.3 Å². The number of hydrogen-bond acceptors (Lipinski definition) is 5. The Morgan fingerprint density at radius 2 is 1.67 bits per heavy atom. The zero-order chi connectivity index (χ0) is 23.7. The molecule has 1 heterocycles. The molecular weight excluding hydrogens is 442 g/mol. The minimum atomic E-state index is -0.899. The number of nitrogens with zero attached hydrogens (tertiary/aromatic N) is 1. The summed E-state index contributed by atoms with van der Waals surface area (Å²) in [4.78, 5) is 27.9. The van der Waals surface area contributed by atoms with Gasteiger partial charge in [0.2, 0.25) is 0 Å². The van der Waals surface area contributed by atoms with Crippen molar-refractivity contribution in [2.45, 2.75) is 13.0 Å². The second kappa shape index (κ2) is 9.00. The fourth-order valence-corrected chi connectivity index (χ4v) is 4.29. The number of methoxy groups -OCH3 is 2. The van der Waals surface area contributed by atoms with Crippen LogP contribution in [0.25, 0.3) is 5.76 Å². The molecule has 3 aromatic carbocycles. The first kappa shape index (κ1) is 22.4. The van der Waals surface area contributed by atoms with Gasteiger partial charge in [-0.05, 0) is 48.9 Å². The van der Waals surface area contributed by atoms with E-state index in [-0.39, 0.29) is 16.4 Å². The number of aliphatic hydroxyl groups is 1. The number of ether oxygens (including phenoxy) is 2. The summed E-state index contributed by atoms with van der Waals surface area (Å²) in [7, 11) is 3.00. The third kappa shape index (κ3) is 3.94. The van der Waals surface area contributed by atoms with Crippen LogP contribution in [0.1, 0.15) is 22.7 Å². The number of halogens is 1. The van der Waals surface area contributed by atoms with E-state index in [1.165, 1.54) is 25.2 Å². The van der Waals surface area contributed by atoms with Gasteiger partial charge in [0.05, 0.1) is 30.9 Å². The smallest absolute Gasteiger partial charge is 0.300 e. The van der Waals surface area contributed by atoms with E-state index in [0.29, 0.717) is 28.3 Å². The largest absolute Gasteiger partial charge is 0.507 e. The van der Waals surface area contributed by atoms with Gasteiger partial charge in [0.1, 0.15) is 17.3 Å². The van der Waals surface area contributed by atoms with Gasteiger partial charge in [-0.15, -0.1) is 0 Å². The van der Waals surface area contributed by atoms with Crippen molar-refractivity contribution in [1.29, 1.82) is 0 Å². The standard InChI is InChI=1S/C26H22ClNO5/c1-15-7-6-8-17(13-15)28-23(18-9-4-5-10-20(18)32-2)22(25(30)26(28)31)24(29)16-11-12-21(33-3)19(27)14-16/h4-14,23,29H,1-3H3/b24-22+. The maximum absolute atomic E-state index is 13.3. The lowest BCUT2D eigenvalue weighted by Gasteiger charge is -2.27. The molecule has 1 atom stereocenters. The maximum atomic E-state index is 13.3. The normalized spacial score (nSPS) is 17.3. The number of rotatable bonds is 5. The Hall–Kier alpha value is -3.77. The predicted molar refractivity (Wildman–Crippen MR) is 127 cm³/mol. The fraction of sp³-hybridized carbons (Fsp3) is 0.154. The molecular formula is C26H22ClNO5.